The Morgan fingerprint density at radius 2 is 2.05 bits per heavy atom. The third-order valence-corrected chi connectivity index (χ3v) is 3.45. The lowest BCUT2D eigenvalue weighted by Crippen LogP contribution is -2.07. The van der Waals surface area contributed by atoms with Crippen LogP contribution in [-0.2, 0) is 6.18 Å². The zero-order valence-electron chi connectivity index (χ0n) is 11.2. The molecule has 0 aliphatic carbocycles. The summed E-state index contributed by atoms with van der Waals surface area (Å²) in [7, 11) is 0. The maximum Gasteiger partial charge on any atom is 0.416 e. The van der Waals surface area contributed by atoms with E-state index in [0.29, 0.717) is 17.2 Å². The summed E-state index contributed by atoms with van der Waals surface area (Å²) in [4.78, 5) is 4.32. The molecule has 1 heterocycles. The van der Waals surface area contributed by atoms with Gasteiger partial charge < -0.3 is 5.32 Å². The normalized spacial score (nSPS) is 11.9. The summed E-state index contributed by atoms with van der Waals surface area (Å²) in [6.45, 7) is 4.94. The molecule has 6 heteroatoms. The number of aromatic nitrogens is 1. The highest BCUT2D eigenvalue weighted by atomic mass is 32.1. The van der Waals surface area contributed by atoms with Crippen molar-refractivity contribution < 1.29 is 13.2 Å². The molecule has 0 spiro atoms. The summed E-state index contributed by atoms with van der Waals surface area (Å²) in [6, 6.07) is 5.23. The Morgan fingerprint density at radius 3 is 2.70 bits per heavy atom. The van der Waals surface area contributed by atoms with Crippen molar-refractivity contribution in [2.45, 2.75) is 20.0 Å². The SMILES string of the molecule is CC(C)CNc1nc(-c2cccc(C(F)(F)F)c2)cs1. The zero-order chi connectivity index (χ0) is 14.8. The van der Waals surface area contributed by atoms with Crippen molar-refractivity contribution >= 4 is 16.5 Å². The average Bonchev–Trinajstić information content (AvgIpc) is 2.84. The Hall–Kier alpha value is -1.56. The second-order valence-electron chi connectivity index (χ2n) is 4.89. The van der Waals surface area contributed by atoms with Crippen LogP contribution in [0.2, 0.25) is 0 Å². The lowest BCUT2D eigenvalue weighted by molar-refractivity contribution is -0.137. The van der Waals surface area contributed by atoms with E-state index >= 15 is 0 Å². The molecule has 2 aromatic rings. The molecule has 108 valence electrons. The number of benzene rings is 1. The quantitative estimate of drug-likeness (QED) is 0.869. The number of anilines is 1. The second-order valence-corrected chi connectivity index (χ2v) is 5.75. The van der Waals surface area contributed by atoms with Crippen LogP contribution in [0.5, 0.6) is 0 Å². The number of nitrogens with zero attached hydrogens (tertiary/aromatic N) is 1. The molecule has 1 N–H and O–H groups in total. The number of alkyl halides is 3. The summed E-state index contributed by atoms with van der Waals surface area (Å²) in [5, 5.41) is 5.65. The molecule has 20 heavy (non-hydrogen) atoms. The molecule has 1 aromatic heterocycles. The van der Waals surface area contributed by atoms with E-state index in [0.717, 1.165) is 23.8 Å². The van der Waals surface area contributed by atoms with Crippen LogP contribution in [0.1, 0.15) is 19.4 Å². The van der Waals surface area contributed by atoms with Crippen LogP contribution in [0.15, 0.2) is 29.6 Å². The summed E-state index contributed by atoms with van der Waals surface area (Å²) in [5.74, 6) is 0.482. The van der Waals surface area contributed by atoms with Crippen molar-refractivity contribution in [1.82, 2.24) is 4.98 Å². The van der Waals surface area contributed by atoms with Crippen molar-refractivity contribution in [2.75, 3.05) is 11.9 Å². The van der Waals surface area contributed by atoms with Crippen LogP contribution in [-0.4, -0.2) is 11.5 Å². The Kier molecular flexibility index (Phi) is 4.32. The fraction of sp³-hybridized carbons (Fsp3) is 0.357. The minimum absolute atomic E-state index is 0.480. The Morgan fingerprint density at radius 1 is 1.30 bits per heavy atom. The second kappa shape index (κ2) is 5.83. The van der Waals surface area contributed by atoms with Gasteiger partial charge in [0.05, 0.1) is 11.3 Å². The summed E-state index contributed by atoms with van der Waals surface area (Å²) in [5.41, 5.74) is 0.390. The molecule has 0 amide bonds. The van der Waals surface area contributed by atoms with Gasteiger partial charge in [-0.05, 0) is 18.1 Å². The molecule has 0 atom stereocenters. The van der Waals surface area contributed by atoms with Crippen LogP contribution in [0.3, 0.4) is 0 Å². The van der Waals surface area contributed by atoms with Crippen molar-refractivity contribution in [2.24, 2.45) is 5.92 Å². The lowest BCUT2D eigenvalue weighted by atomic mass is 10.1. The van der Waals surface area contributed by atoms with E-state index in [1.807, 2.05) is 0 Å². The van der Waals surface area contributed by atoms with Crippen molar-refractivity contribution in [3.63, 3.8) is 0 Å². The number of halogens is 3. The molecule has 0 fully saturated rings. The first kappa shape index (κ1) is 14.8. The predicted molar refractivity (Wildman–Crippen MR) is 75.9 cm³/mol. The van der Waals surface area contributed by atoms with Gasteiger partial charge >= 0.3 is 6.18 Å². The van der Waals surface area contributed by atoms with Gasteiger partial charge in [-0.3, -0.25) is 0 Å². The molecule has 2 rings (SSSR count). The number of hydrogen-bond donors (Lipinski definition) is 1. The number of thiazole rings is 1. The van der Waals surface area contributed by atoms with Gasteiger partial charge in [0.1, 0.15) is 0 Å². The Bertz CT molecular complexity index is 576. The van der Waals surface area contributed by atoms with Crippen molar-refractivity contribution in [3.05, 3.63) is 35.2 Å². The number of rotatable bonds is 4. The Balaban J connectivity index is 2.20. The summed E-state index contributed by atoms with van der Waals surface area (Å²) >= 11 is 1.40. The third kappa shape index (κ3) is 3.72. The first-order valence-electron chi connectivity index (χ1n) is 6.23. The fourth-order valence-corrected chi connectivity index (χ4v) is 2.36. The molecule has 0 bridgehead atoms. The van der Waals surface area contributed by atoms with Crippen LogP contribution in [0.4, 0.5) is 18.3 Å². The standard InChI is InChI=1S/C14H15F3N2S/c1-9(2)7-18-13-19-12(8-20-13)10-4-3-5-11(6-10)14(15,16)17/h3-6,8-9H,7H2,1-2H3,(H,18,19). The molecular formula is C14H15F3N2S. The van der Waals surface area contributed by atoms with Gasteiger partial charge in [-0.25, -0.2) is 4.98 Å². The van der Waals surface area contributed by atoms with Crippen LogP contribution >= 0.6 is 11.3 Å². The molecule has 0 saturated carbocycles. The van der Waals surface area contributed by atoms with E-state index in [9.17, 15) is 13.2 Å². The molecule has 0 saturated heterocycles. The zero-order valence-corrected chi connectivity index (χ0v) is 12.0. The number of nitrogens with one attached hydrogen (secondary N) is 1. The van der Waals surface area contributed by atoms with E-state index in [2.05, 4.69) is 24.1 Å². The van der Waals surface area contributed by atoms with E-state index in [-0.39, 0.29) is 0 Å². The van der Waals surface area contributed by atoms with Crippen LogP contribution < -0.4 is 5.32 Å². The molecule has 1 aromatic carbocycles. The van der Waals surface area contributed by atoms with Crippen molar-refractivity contribution in [3.8, 4) is 11.3 Å². The lowest BCUT2D eigenvalue weighted by Gasteiger charge is -2.07. The smallest absolute Gasteiger partial charge is 0.361 e. The third-order valence-electron chi connectivity index (χ3n) is 2.65. The minimum Gasteiger partial charge on any atom is -0.361 e. The molecule has 0 aliphatic heterocycles. The van der Waals surface area contributed by atoms with Gasteiger partial charge in [0.25, 0.3) is 0 Å². The Labute approximate surface area is 119 Å². The van der Waals surface area contributed by atoms with E-state index in [1.165, 1.54) is 17.4 Å². The van der Waals surface area contributed by atoms with Gasteiger partial charge in [-0.15, -0.1) is 11.3 Å². The highest BCUT2D eigenvalue weighted by Crippen LogP contribution is 2.33. The molecule has 0 radical (unpaired) electrons. The molecular weight excluding hydrogens is 285 g/mol. The first-order valence-corrected chi connectivity index (χ1v) is 7.11. The maximum absolute atomic E-state index is 12.7. The van der Waals surface area contributed by atoms with E-state index < -0.39 is 11.7 Å². The van der Waals surface area contributed by atoms with Gasteiger partial charge in [-0.1, -0.05) is 26.0 Å². The number of hydrogen-bond acceptors (Lipinski definition) is 3. The first-order chi connectivity index (χ1) is 9.36. The van der Waals surface area contributed by atoms with E-state index in [1.54, 1.807) is 11.4 Å². The maximum atomic E-state index is 12.7. The van der Waals surface area contributed by atoms with Crippen LogP contribution in [0.25, 0.3) is 11.3 Å². The summed E-state index contributed by atoms with van der Waals surface area (Å²) < 4.78 is 38.0. The van der Waals surface area contributed by atoms with Crippen molar-refractivity contribution in [1.29, 1.82) is 0 Å². The van der Waals surface area contributed by atoms with Gasteiger partial charge in [0.15, 0.2) is 5.13 Å². The predicted octanol–water partition coefficient (Wildman–Crippen LogP) is 4.90. The highest BCUT2D eigenvalue weighted by Gasteiger charge is 2.30. The van der Waals surface area contributed by atoms with E-state index in [4.69, 9.17) is 0 Å². The molecule has 0 aliphatic rings. The topological polar surface area (TPSA) is 24.9 Å². The fourth-order valence-electron chi connectivity index (χ4n) is 1.63. The van der Waals surface area contributed by atoms with Crippen LogP contribution in [0, 0.1) is 5.92 Å². The van der Waals surface area contributed by atoms with Gasteiger partial charge in [0, 0.05) is 17.5 Å². The van der Waals surface area contributed by atoms with Gasteiger partial charge in [-0.2, -0.15) is 13.2 Å². The van der Waals surface area contributed by atoms with Gasteiger partial charge in [0.2, 0.25) is 0 Å². The average molecular weight is 300 g/mol. The highest BCUT2D eigenvalue weighted by molar-refractivity contribution is 7.14. The molecule has 0 unspecified atom stereocenters. The monoisotopic (exact) mass is 300 g/mol. The largest absolute Gasteiger partial charge is 0.416 e. The summed E-state index contributed by atoms with van der Waals surface area (Å²) in [6.07, 6.45) is -4.33. The molecule has 2 nitrogen and oxygen atoms in total. The minimum atomic E-state index is -4.33.